The van der Waals surface area contributed by atoms with Gasteiger partial charge in [-0.3, -0.25) is 4.76 Å². The molecule has 0 spiro atoms. The van der Waals surface area contributed by atoms with Crippen molar-refractivity contribution in [2.24, 2.45) is 4.76 Å². The minimum atomic E-state index is -0.890. The second kappa shape index (κ2) is 6.79. The second-order valence-electron chi connectivity index (χ2n) is 7.11. The number of aryl methyl sites for hydroxylation is 6. The normalized spacial score (nSPS) is 20.1. The van der Waals surface area contributed by atoms with Gasteiger partial charge in [0.05, 0.1) is 8.07 Å². The van der Waals surface area contributed by atoms with E-state index in [1.807, 2.05) is 0 Å². The molecule has 0 saturated carbocycles. The van der Waals surface area contributed by atoms with Crippen LogP contribution in [0, 0.1) is 48.1 Å². The SMILES string of the molecule is [C]=C1P(c2c(C)cc(C)cc2C)N=C(C)P1c1c(C)cc(C)cc1C. The summed E-state index contributed by atoms with van der Waals surface area (Å²) in [6, 6.07) is 8.94. The van der Waals surface area contributed by atoms with Crippen LogP contribution in [0.4, 0.5) is 0 Å². The largest absolute Gasteiger partial charge is 0.256 e. The topological polar surface area (TPSA) is 12.4 Å². The van der Waals surface area contributed by atoms with Crippen LogP contribution in [0.3, 0.4) is 0 Å². The van der Waals surface area contributed by atoms with Crippen LogP contribution < -0.4 is 10.6 Å². The molecule has 2 radical (unpaired) electrons. The first-order valence-electron chi connectivity index (χ1n) is 8.60. The van der Waals surface area contributed by atoms with E-state index in [0.717, 1.165) is 10.5 Å². The van der Waals surface area contributed by atoms with E-state index in [0.29, 0.717) is 0 Å². The number of hydrogen-bond donors (Lipinski definition) is 0. The van der Waals surface area contributed by atoms with Crippen molar-refractivity contribution in [1.82, 2.24) is 0 Å². The van der Waals surface area contributed by atoms with Crippen LogP contribution in [0.25, 0.3) is 0 Å². The Morgan fingerprint density at radius 3 is 1.52 bits per heavy atom. The summed E-state index contributed by atoms with van der Waals surface area (Å²) < 4.78 is 5.04. The predicted molar refractivity (Wildman–Crippen MR) is 114 cm³/mol. The van der Waals surface area contributed by atoms with Crippen molar-refractivity contribution < 1.29 is 0 Å². The Balaban J connectivity index is 2.10. The van der Waals surface area contributed by atoms with Crippen molar-refractivity contribution in [3.63, 3.8) is 0 Å². The molecular weight excluding hydrogens is 340 g/mol. The summed E-state index contributed by atoms with van der Waals surface area (Å²) in [6.07, 6.45) is 0. The van der Waals surface area contributed by atoms with Gasteiger partial charge in [-0.2, -0.15) is 0 Å². The van der Waals surface area contributed by atoms with Crippen molar-refractivity contribution in [3.8, 4) is 0 Å². The van der Waals surface area contributed by atoms with Crippen molar-refractivity contribution in [2.75, 3.05) is 0 Å². The van der Waals surface area contributed by atoms with Crippen LogP contribution in [0.15, 0.2) is 34.1 Å². The summed E-state index contributed by atoms with van der Waals surface area (Å²) in [5.74, 6) is 0. The van der Waals surface area contributed by atoms with Crippen molar-refractivity contribution >= 4 is 32.1 Å². The molecule has 0 aliphatic carbocycles. The smallest absolute Gasteiger partial charge is 0.0807 e. The molecule has 1 nitrogen and oxygen atoms in total. The summed E-state index contributed by atoms with van der Waals surface area (Å²) in [5, 5.41) is 3.48. The lowest BCUT2D eigenvalue weighted by Crippen LogP contribution is -2.14. The number of nitrogens with zero attached hydrogens (tertiary/aromatic N) is 1. The standard InChI is InChI=1S/C22H25NP2/c1-13-9-15(3)21(16(4)10-13)24-19(7)23-25(20(24)8)22-17(5)11-14(2)12-18(22)6/h9-12H,1-7H3. The molecule has 3 rings (SSSR count). The Bertz CT molecular complexity index is 862. The molecule has 0 fully saturated rings. The number of rotatable bonds is 2. The molecule has 0 amide bonds. The molecule has 1 aliphatic rings. The zero-order valence-electron chi connectivity index (χ0n) is 16.2. The van der Waals surface area contributed by atoms with Gasteiger partial charge in [0.15, 0.2) is 0 Å². The molecule has 0 aromatic heterocycles. The molecule has 2 aromatic carbocycles. The summed E-state index contributed by atoms with van der Waals surface area (Å²) in [6.45, 7) is 24.1. The lowest BCUT2D eigenvalue weighted by atomic mass is 10.1. The van der Waals surface area contributed by atoms with E-state index in [2.05, 4.69) is 72.7 Å². The average Bonchev–Trinajstić information content (AvgIpc) is 2.73. The third-order valence-corrected chi connectivity index (χ3v) is 10.4. The van der Waals surface area contributed by atoms with Crippen LogP contribution in [0.1, 0.15) is 40.3 Å². The molecule has 1 aliphatic heterocycles. The van der Waals surface area contributed by atoms with E-state index in [4.69, 9.17) is 11.3 Å². The maximum atomic E-state index is 9.01. The first-order chi connectivity index (χ1) is 11.7. The highest BCUT2D eigenvalue weighted by atomic mass is 31.2. The molecule has 0 N–H and O–H groups in total. The van der Waals surface area contributed by atoms with E-state index in [1.165, 1.54) is 44.0 Å². The van der Waals surface area contributed by atoms with E-state index < -0.39 is 16.0 Å². The van der Waals surface area contributed by atoms with Gasteiger partial charge in [0.2, 0.25) is 0 Å². The Kier molecular flexibility index (Phi) is 5.02. The van der Waals surface area contributed by atoms with E-state index >= 15 is 0 Å². The highest BCUT2D eigenvalue weighted by molar-refractivity contribution is 8.00. The average molecular weight is 365 g/mol. The molecule has 25 heavy (non-hydrogen) atoms. The zero-order chi connectivity index (χ0) is 18.5. The molecular formula is C22H25NP2. The number of hydrogen-bond acceptors (Lipinski definition) is 1. The minimum Gasteiger partial charge on any atom is -0.256 e. The molecule has 2 atom stereocenters. The van der Waals surface area contributed by atoms with Crippen molar-refractivity contribution in [2.45, 2.75) is 48.5 Å². The summed E-state index contributed by atoms with van der Waals surface area (Å²) in [7, 11) is -1.64. The van der Waals surface area contributed by atoms with Gasteiger partial charge < -0.3 is 0 Å². The molecule has 0 bridgehead atoms. The molecule has 1 heterocycles. The van der Waals surface area contributed by atoms with Crippen molar-refractivity contribution in [3.05, 3.63) is 69.3 Å². The minimum absolute atomic E-state index is 0.750. The van der Waals surface area contributed by atoms with Gasteiger partial charge in [-0.05, 0) is 76.0 Å². The number of benzene rings is 2. The van der Waals surface area contributed by atoms with Gasteiger partial charge in [-0.1, -0.05) is 35.4 Å². The molecule has 128 valence electrons. The Morgan fingerprint density at radius 2 is 1.08 bits per heavy atom. The lowest BCUT2D eigenvalue weighted by molar-refractivity contribution is 1.35. The van der Waals surface area contributed by atoms with Gasteiger partial charge in [0.25, 0.3) is 0 Å². The molecule has 0 saturated heterocycles. The van der Waals surface area contributed by atoms with Gasteiger partial charge in [0.1, 0.15) is 0 Å². The van der Waals surface area contributed by atoms with Gasteiger partial charge in [-0.15, -0.1) is 0 Å². The Labute approximate surface area is 154 Å². The maximum absolute atomic E-state index is 9.01. The van der Waals surface area contributed by atoms with Crippen LogP contribution in [0.5, 0.6) is 0 Å². The van der Waals surface area contributed by atoms with Crippen LogP contribution in [0.2, 0.25) is 0 Å². The predicted octanol–water partition coefficient (Wildman–Crippen LogP) is 5.95. The van der Waals surface area contributed by atoms with Crippen LogP contribution in [-0.2, 0) is 0 Å². The fourth-order valence-corrected chi connectivity index (χ4v) is 9.66. The zero-order valence-corrected chi connectivity index (χ0v) is 17.9. The quantitative estimate of drug-likeness (QED) is 0.583. The Hall–Kier alpha value is -1.29. The second-order valence-corrected chi connectivity index (χ2v) is 11.4. The van der Waals surface area contributed by atoms with E-state index in [1.54, 1.807) is 0 Å². The van der Waals surface area contributed by atoms with Crippen LogP contribution in [-0.4, -0.2) is 5.45 Å². The van der Waals surface area contributed by atoms with Crippen LogP contribution >= 0.6 is 16.0 Å². The van der Waals surface area contributed by atoms with E-state index in [-0.39, 0.29) is 0 Å². The molecule has 3 heteroatoms. The third-order valence-electron chi connectivity index (χ3n) is 4.69. The Morgan fingerprint density at radius 1 is 0.680 bits per heavy atom. The lowest BCUT2D eigenvalue weighted by Gasteiger charge is -2.22. The molecule has 2 unspecified atom stereocenters. The summed E-state index contributed by atoms with van der Waals surface area (Å²) in [5.41, 5.74) is 8.89. The summed E-state index contributed by atoms with van der Waals surface area (Å²) in [4.78, 5) is 0. The monoisotopic (exact) mass is 365 g/mol. The first-order valence-corrected chi connectivity index (χ1v) is 11.2. The maximum Gasteiger partial charge on any atom is 0.0807 e. The fraction of sp³-hybridized carbons (Fsp3) is 0.318. The first kappa shape index (κ1) is 18.5. The van der Waals surface area contributed by atoms with E-state index in [9.17, 15) is 0 Å². The fourth-order valence-electron chi connectivity index (χ4n) is 3.94. The highest BCUT2D eigenvalue weighted by Gasteiger charge is 2.35. The van der Waals surface area contributed by atoms with Gasteiger partial charge in [-0.25, -0.2) is 0 Å². The van der Waals surface area contributed by atoms with Gasteiger partial charge in [0, 0.05) is 30.3 Å². The van der Waals surface area contributed by atoms with Crippen molar-refractivity contribution in [1.29, 1.82) is 0 Å². The highest BCUT2D eigenvalue weighted by Crippen LogP contribution is 2.68. The summed E-state index contributed by atoms with van der Waals surface area (Å²) >= 11 is 0. The third kappa shape index (κ3) is 3.25. The van der Waals surface area contributed by atoms with Gasteiger partial charge >= 0.3 is 0 Å². The molecule has 2 aromatic rings.